The second-order valence-electron chi connectivity index (χ2n) is 6.27. The first-order valence-corrected chi connectivity index (χ1v) is 9.23. The molecular formula is C19H24N2O2S. The number of hydrogen-bond donors (Lipinski definition) is 1. The van der Waals surface area contributed by atoms with Crippen LogP contribution in [0.5, 0.6) is 0 Å². The summed E-state index contributed by atoms with van der Waals surface area (Å²) in [6.07, 6.45) is 0. The first kappa shape index (κ1) is 17.1. The van der Waals surface area contributed by atoms with Gasteiger partial charge in [-0.05, 0) is 37.4 Å². The molecule has 0 spiro atoms. The number of ether oxygens (including phenoxy) is 1. The summed E-state index contributed by atoms with van der Waals surface area (Å²) in [6.45, 7) is 7.98. The average Bonchev–Trinajstić information content (AvgIpc) is 3.09. The Morgan fingerprint density at radius 1 is 1.25 bits per heavy atom. The molecule has 1 atom stereocenters. The van der Waals surface area contributed by atoms with Crippen LogP contribution in [0.1, 0.15) is 32.4 Å². The first-order chi connectivity index (χ1) is 11.6. The first-order valence-electron chi connectivity index (χ1n) is 8.35. The molecule has 24 heavy (non-hydrogen) atoms. The third-order valence-corrected chi connectivity index (χ3v) is 5.27. The lowest BCUT2D eigenvalue weighted by atomic mass is 10.1. The van der Waals surface area contributed by atoms with Crippen molar-refractivity contribution < 1.29 is 9.53 Å². The minimum atomic E-state index is -0.00313. The summed E-state index contributed by atoms with van der Waals surface area (Å²) in [5.74, 6) is -0.00313. The van der Waals surface area contributed by atoms with Crippen LogP contribution < -0.4 is 5.32 Å². The Kier molecular flexibility index (Phi) is 5.66. The molecule has 1 aromatic heterocycles. The zero-order valence-electron chi connectivity index (χ0n) is 14.2. The van der Waals surface area contributed by atoms with Crippen LogP contribution in [0.4, 0.5) is 0 Å². The summed E-state index contributed by atoms with van der Waals surface area (Å²) in [4.78, 5) is 16.2. The highest BCUT2D eigenvalue weighted by Gasteiger charge is 2.24. The molecule has 2 aromatic rings. The minimum absolute atomic E-state index is 0.00313. The highest BCUT2D eigenvalue weighted by atomic mass is 32.1. The second-order valence-corrected chi connectivity index (χ2v) is 7.25. The van der Waals surface area contributed by atoms with Crippen LogP contribution >= 0.6 is 11.3 Å². The largest absolute Gasteiger partial charge is 0.379 e. The third kappa shape index (κ3) is 4.23. The number of nitrogens with one attached hydrogen (secondary N) is 1. The van der Waals surface area contributed by atoms with Crippen molar-refractivity contribution in [3.8, 4) is 0 Å². The smallest absolute Gasteiger partial charge is 0.251 e. The average molecular weight is 344 g/mol. The summed E-state index contributed by atoms with van der Waals surface area (Å²) < 4.78 is 5.46. The number of rotatable bonds is 5. The predicted molar refractivity (Wildman–Crippen MR) is 97.7 cm³/mol. The molecule has 1 aliphatic rings. The fraction of sp³-hybridized carbons (Fsp3) is 0.421. The molecule has 3 rings (SSSR count). The molecule has 1 unspecified atom stereocenters. The van der Waals surface area contributed by atoms with E-state index in [9.17, 15) is 4.79 Å². The number of morpholine rings is 1. The van der Waals surface area contributed by atoms with Gasteiger partial charge in [0.25, 0.3) is 5.91 Å². The van der Waals surface area contributed by atoms with Gasteiger partial charge < -0.3 is 10.1 Å². The Hall–Kier alpha value is -1.69. The van der Waals surface area contributed by atoms with Crippen LogP contribution in [0.2, 0.25) is 0 Å². The molecular weight excluding hydrogens is 320 g/mol. The molecule has 0 radical (unpaired) electrons. The number of thiophene rings is 1. The second kappa shape index (κ2) is 7.92. The van der Waals surface area contributed by atoms with Crippen molar-refractivity contribution >= 4 is 17.2 Å². The van der Waals surface area contributed by atoms with Crippen LogP contribution in [-0.2, 0) is 4.74 Å². The number of amides is 1. The van der Waals surface area contributed by atoms with E-state index in [4.69, 9.17) is 4.74 Å². The molecule has 1 fully saturated rings. The molecule has 4 nitrogen and oxygen atoms in total. The maximum atomic E-state index is 12.6. The lowest BCUT2D eigenvalue weighted by Gasteiger charge is -2.34. The van der Waals surface area contributed by atoms with Crippen LogP contribution in [0, 0.1) is 13.8 Å². The van der Waals surface area contributed by atoms with Gasteiger partial charge in [0.05, 0.1) is 19.3 Å². The Bertz CT molecular complexity index is 658. The van der Waals surface area contributed by atoms with Gasteiger partial charge in [0.2, 0.25) is 0 Å². The fourth-order valence-electron chi connectivity index (χ4n) is 3.18. The summed E-state index contributed by atoms with van der Waals surface area (Å²) in [7, 11) is 0. The van der Waals surface area contributed by atoms with Gasteiger partial charge in [-0.1, -0.05) is 23.3 Å². The van der Waals surface area contributed by atoms with Gasteiger partial charge in [-0.15, -0.1) is 11.3 Å². The van der Waals surface area contributed by atoms with E-state index in [1.54, 1.807) is 11.3 Å². The van der Waals surface area contributed by atoms with E-state index >= 15 is 0 Å². The fourth-order valence-corrected chi connectivity index (χ4v) is 4.04. The molecule has 1 saturated heterocycles. The minimum Gasteiger partial charge on any atom is -0.379 e. The van der Waals surface area contributed by atoms with E-state index in [1.165, 1.54) is 4.88 Å². The van der Waals surface area contributed by atoms with Crippen LogP contribution in [0.3, 0.4) is 0 Å². The number of nitrogens with zero attached hydrogens (tertiary/aromatic N) is 1. The Morgan fingerprint density at radius 2 is 1.96 bits per heavy atom. The predicted octanol–water partition coefficient (Wildman–Crippen LogP) is 3.17. The van der Waals surface area contributed by atoms with Crippen LogP contribution in [0.15, 0.2) is 35.7 Å². The quantitative estimate of drug-likeness (QED) is 0.906. The number of benzene rings is 1. The topological polar surface area (TPSA) is 41.6 Å². The molecule has 1 aliphatic heterocycles. The van der Waals surface area contributed by atoms with Crippen LogP contribution in [-0.4, -0.2) is 43.7 Å². The van der Waals surface area contributed by atoms with Crippen molar-refractivity contribution in [2.24, 2.45) is 0 Å². The molecule has 1 aromatic carbocycles. The van der Waals surface area contributed by atoms with E-state index < -0.39 is 0 Å². The molecule has 1 N–H and O–H groups in total. The number of carbonyl (C=O) groups excluding carboxylic acids is 1. The van der Waals surface area contributed by atoms with Crippen LogP contribution in [0.25, 0.3) is 0 Å². The highest BCUT2D eigenvalue weighted by Crippen LogP contribution is 2.25. The monoisotopic (exact) mass is 344 g/mol. The molecule has 128 valence electrons. The molecule has 2 heterocycles. The van der Waals surface area contributed by atoms with Crippen molar-refractivity contribution in [1.29, 1.82) is 0 Å². The maximum Gasteiger partial charge on any atom is 0.251 e. The van der Waals surface area contributed by atoms with Gasteiger partial charge in [-0.25, -0.2) is 0 Å². The normalized spacial score (nSPS) is 16.8. The lowest BCUT2D eigenvalue weighted by molar-refractivity contribution is 0.0169. The van der Waals surface area contributed by atoms with Crippen molar-refractivity contribution in [2.45, 2.75) is 19.9 Å². The lowest BCUT2D eigenvalue weighted by Crippen LogP contribution is -2.43. The van der Waals surface area contributed by atoms with E-state index in [2.05, 4.69) is 33.8 Å². The molecule has 0 saturated carbocycles. The van der Waals surface area contributed by atoms with Crippen molar-refractivity contribution in [2.75, 3.05) is 32.8 Å². The van der Waals surface area contributed by atoms with E-state index in [0.29, 0.717) is 6.54 Å². The van der Waals surface area contributed by atoms with Crippen molar-refractivity contribution in [3.05, 3.63) is 57.3 Å². The highest BCUT2D eigenvalue weighted by molar-refractivity contribution is 7.10. The van der Waals surface area contributed by atoms with Gasteiger partial charge in [-0.2, -0.15) is 0 Å². The number of hydrogen-bond acceptors (Lipinski definition) is 4. The van der Waals surface area contributed by atoms with Crippen molar-refractivity contribution in [3.63, 3.8) is 0 Å². The Morgan fingerprint density at radius 3 is 2.58 bits per heavy atom. The third-order valence-electron chi connectivity index (χ3n) is 4.30. The van der Waals surface area contributed by atoms with Crippen molar-refractivity contribution in [1.82, 2.24) is 10.2 Å². The zero-order valence-corrected chi connectivity index (χ0v) is 15.1. The summed E-state index contributed by atoms with van der Waals surface area (Å²) in [5, 5.41) is 5.22. The number of carbonyl (C=O) groups is 1. The maximum absolute atomic E-state index is 12.6. The van der Waals surface area contributed by atoms with E-state index in [0.717, 1.165) is 43.0 Å². The SMILES string of the molecule is Cc1cc(C)cc(C(=O)NCC(c2cccs2)N2CCOCC2)c1. The molecule has 0 aliphatic carbocycles. The standard InChI is InChI=1S/C19H24N2O2S/c1-14-10-15(2)12-16(11-14)19(22)20-13-17(18-4-3-9-24-18)21-5-7-23-8-6-21/h3-4,9-12,17H,5-8,13H2,1-2H3,(H,20,22). The van der Waals surface area contributed by atoms with Gasteiger partial charge in [0.15, 0.2) is 0 Å². The van der Waals surface area contributed by atoms with Gasteiger partial charge in [-0.3, -0.25) is 9.69 Å². The van der Waals surface area contributed by atoms with Gasteiger partial charge in [0, 0.05) is 30.1 Å². The summed E-state index contributed by atoms with van der Waals surface area (Å²) in [6, 6.07) is 10.4. The van der Waals surface area contributed by atoms with Gasteiger partial charge >= 0.3 is 0 Å². The Labute approximate surface area is 147 Å². The summed E-state index contributed by atoms with van der Waals surface area (Å²) >= 11 is 1.74. The van der Waals surface area contributed by atoms with E-state index in [-0.39, 0.29) is 11.9 Å². The van der Waals surface area contributed by atoms with E-state index in [1.807, 2.05) is 26.0 Å². The molecule has 5 heteroatoms. The Balaban J connectivity index is 1.69. The van der Waals surface area contributed by atoms with Gasteiger partial charge in [0.1, 0.15) is 0 Å². The summed E-state index contributed by atoms with van der Waals surface area (Å²) in [5.41, 5.74) is 2.96. The zero-order chi connectivity index (χ0) is 16.9. The molecule has 0 bridgehead atoms. The number of aryl methyl sites for hydroxylation is 2. The molecule has 1 amide bonds.